The van der Waals surface area contributed by atoms with Crippen LogP contribution in [0.4, 0.5) is 13.2 Å². The zero-order valence-corrected chi connectivity index (χ0v) is 13.0. The van der Waals surface area contributed by atoms with Gasteiger partial charge in [0.1, 0.15) is 0 Å². The smallest absolute Gasteiger partial charge is 0.305 e. The van der Waals surface area contributed by atoms with E-state index in [1.165, 1.54) is 5.56 Å². The van der Waals surface area contributed by atoms with Gasteiger partial charge in [-0.05, 0) is 17.7 Å². The minimum Gasteiger partial charge on any atom is -0.305 e. The number of halogens is 3. The normalized spacial score (nSPS) is 17.8. The highest BCUT2D eigenvalue weighted by Gasteiger charge is 2.26. The van der Waals surface area contributed by atoms with Crippen molar-refractivity contribution < 1.29 is 13.2 Å². The molecule has 2 rings (SSSR count). The molecule has 0 bridgehead atoms. The van der Waals surface area contributed by atoms with Gasteiger partial charge in [0, 0.05) is 39.3 Å². The van der Waals surface area contributed by atoms with Crippen LogP contribution in [0.2, 0.25) is 0 Å². The van der Waals surface area contributed by atoms with Gasteiger partial charge in [-0.15, -0.1) is 0 Å². The third kappa shape index (κ3) is 5.94. The molecule has 22 heavy (non-hydrogen) atoms. The first-order chi connectivity index (χ1) is 10.5. The number of hydrogen-bond donors (Lipinski definition) is 1. The average Bonchev–Trinajstić information content (AvgIpc) is 2.49. The van der Waals surface area contributed by atoms with Crippen molar-refractivity contribution >= 4 is 0 Å². The maximum absolute atomic E-state index is 12.1. The molecule has 1 heterocycles. The minimum absolute atomic E-state index is 0.245. The summed E-state index contributed by atoms with van der Waals surface area (Å²) >= 11 is 0. The molecule has 1 aliphatic heterocycles. The van der Waals surface area contributed by atoms with Gasteiger partial charge in [0.25, 0.3) is 0 Å². The molecule has 0 aliphatic carbocycles. The molecule has 6 heteroatoms. The van der Waals surface area contributed by atoms with Crippen LogP contribution in [0.5, 0.6) is 0 Å². The van der Waals surface area contributed by atoms with Gasteiger partial charge >= 0.3 is 6.18 Å². The number of alkyl halides is 3. The van der Waals surface area contributed by atoms with Gasteiger partial charge in [0.2, 0.25) is 0 Å². The van der Waals surface area contributed by atoms with Crippen LogP contribution in [-0.2, 0) is 13.1 Å². The molecule has 1 aliphatic rings. The van der Waals surface area contributed by atoms with E-state index in [1.54, 1.807) is 0 Å². The summed E-state index contributed by atoms with van der Waals surface area (Å²) in [5, 5.41) is 2.41. The van der Waals surface area contributed by atoms with Crippen LogP contribution >= 0.6 is 0 Å². The first-order valence-electron chi connectivity index (χ1n) is 7.76. The predicted octanol–water partition coefficient (Wildman–Crippen LogP) is 2.48. The Morgan fingerprint density at radius 2 is 1.50 bits per heavy atom. The standard InChI is InChI=1S/C16H24F3N3/c1-2-21-7-9-22(10-8-21)12-15-5-3-14(4-6-15)11-20-13-16(17,18)19/h3-6,20H,2,7-13H2,1H3. The van der Waals surface area contributed by atoms with Crippen LogP contribution in [0.15, 0.2) is 24.3 Å². The van der Waals surface area contributed by atoms with E-state index in [9.17, 15) is 13.2 Å². The number of rotatable bonds is 6. The van der Waals surface area contributed by atoms with E-state index in [-0.39, 0.29) is 6.54 Å². The highest BCUT2D eigenvalue weighted by atomic mass is 19.4. The molecule has 1 fully saturated rings. The van der Waals surface area contributed by atoms with E-state index in [1.807, 2.05) is 24.3 Å². The van der Waals surface area contributed by atoms with E-state index in [0.29, 0.717) is 0 Å². The monoisotopic (exact) mass is 315 g/mol. The van der Waals surface area contributed by atoms with Crippen LogP contribution in [0.3, 0.4) is 0 Å². The van der Waals surface area contributed by atoms with Crippen molar-refractivity contribution in [3.8, 4) is 0 Å². The van der Waals surface area contributed by atoms with Crippen LogP contribution < -0.4 is 5.32 Å². The van der Waals surface area contributed by atoms with Crippen molar-refractivity contribution in [1.82, 2.24) is 15.1 Å². The summed E-state index contributed by atoms with van der Waals surface area (Å²) in [5.74, 6) is 0. The second kappa shape index (κ2) is 7.94. The Morgan fingerprint density at radius 3 is 2.05 bits per heavy atom. The largest absolute Gasteiger partial charge is 0.401 e. The maximum atomic E-state index is 12.1. The molecule has 0 saturated carbocycles. The highest BCUT2D eigenvalue weighted by molar-refractivity contribution is 5.22. The van der Waals surface area contributed by atoms with Gasteiger partial charge in [-0.1, -0.05) is 31.2 Å². The Labute approximate surface area is 130 Å². The lowest BCUT2D eigenvalue weighted by Gasteiger charge is -2.34. The van der Waals surface area contributed by atoms with Crippen molar-refractivity contribution in [2.45, 2.75) is 26.2 Å². The van der Waals surface area contributed by atoms with E-state index in [4.69, 9.17) is 0 Å². The summed E-state index contributed by atoms with van der Waals surface area (Å²) in [4.78, 5) is 4.86. The average molecular weight is 315 g/mol. The highest BCUT2D eigenvalue weighted by Crippen LogP contribution is 2.13. The summed E-state index contributed by atoms with van der Waals surface area (Å²) in [6.45, 7) is 7.85. The minimum atomic E-state index is -4.15. The van der Waals surface area contributed by atoms with Gasteiger partial charge in [-0.3, -0.25) is 4.90 Å². The fourth-order valence-electron chi connectivity index (χ4n) is 2.63. The quantitative estimate of drug-likeness (QED) is 0.870. The van der Waals surface area contributed by atoms with Gasteiger partial charge < -0.3 is 10.2 Å². The molecule has 1 saturated heterocycles. The lowest BCUT2D eigenvalue weighted by Crippen LogP contribution is -2.45. The molecule has 1 aromatic rings. The van der Waals surface area contributed by atoms with Crippen molar-refractivity contribution in [3.05, 3.63) is 35.4 Å². The van der Waals surface area contributed by atoms with Crippen molar-refractivity contribution in [1.29, 1.82) is 0 Å². The van der Waals surface area contributed by atoms with E-state index in [0.717, 1.165) is 44.8 Å². The first-order valence-corrected chi connectivity index (χ1v) is 7.76. The molecule has 3 nitrogen and oxygen atoms in total. The van der Waals surface area contributed by atoms with Crippen LogP contribution in [0, 0.1) is 0 Å². The lowest BCUT2D eigenvalue weighted by atomic mass is 10.1. The van der Waals surface area contributed by atoms with Crippen LogP contribution in [-0.4, -0.2) is 55.2 Å². The van der Waals surface area contributed by atoms with Gasteiger partial charge in [-0.25, -0.2) is 0 Å². The molecule has 0 unspecified atom stereocenters. The summed E-state index contributed by atoms with van der Waals surface area (Å²) in [6.07, 6.45) is -4.15. The number of benzene rings is 1. The SMILES string of the molecule is CCN1CCN(Cc2ccc(CNCC(F)(F)F)cc2)CC1. The van der Waals surface area contributed by atoms with Crippen molar-refractivity contribution in [2.75, 3.05) is 39.3 Å². The zero-order valence-electron chi connectivity index (χ0n) is 13.0. The van der Waals surface area contributed by atoms with Gasteiger partial charge in [-0.2, -0.15) is 13.2 Å². The molecule has 1 N–H and O–H groups in total. The molecule has 0 spiro atoms. The first kappa shape index (κ1) is 17.2. The van der Waals surface area contributed by atoms with Gasteiger partial charge in [0.15, 0.2) is 0 Å². The van der Waals surface area contributed by atoms with E-state index in [2.05, 4.69) is 22.0 Å². The van der Waals surface area contributed by atoms with Crippen LogP contribution in [0.25, 0.3) is 0 Å². The van der Waals surface area contributed by atoms with Crippen LogP contribution in [0.1, 0.15) is 18.1 Å². The number of likely N-dealkylation sites (N-methyl/N-ethyl adjacent to an activating group) is 1. The molecule has 1 aromatic carbocycles. The molecular weight excluding hydrogens is 291 g/mol. The summed E-state index contributed by atoms with van der Waals surface area (Å²) in [5.41, 5.74) is 2.09. The fourth-order valence-corrected chi connectivity index (χ4v) is 2.63. The third-order valence-corrected chi connectivity index (χ3v) is 4.00. The van der Waals surface area contributed by atoms with Gasteiger partial charge in [0.05, 0.1) is 6.54 Å². The molecule has 0 amide bonds. The summed E-state index contributed by atoms with van der Waals surface area (Å²) in [7, 11) is 0. The lowest BCUT2D eigenvalue weighted by molar-refractivity contribution is -0.125. The molecule has 0 aromatic heterocycles. The van der Waals surface area contributed by atoms with E-state index >= 15 is 0 Å². The Kier molecular flexibility index (Phi) is 6.23. The number of nitrogens with zero attached hydrogens (tertiary/aromatic N) is 2. The Hall–Kier alpha value is -1.11. The maximum Gasteiger partial charge on any atom is 0.401 e. The second-order valence-corrected chi connectivity index (χ2v) is 5.75. The zero-order chi connectivity index (χ0) is 16.0. The Balaban J connectivity index is 1.75. The third-order valence-electron chi connectivity index (χ3n) is 4.00. The second-order valence-electron chi connectivity index (χ2n) is 5.75. The molecule has 0 radical (unpaired) electrons. The Morgan fingerprint density at radius 1 is 0.955 bits per heavy atom. The summed E-state index contributed by atoms with van der Waals surface area (Å²) in [6, 6.07) is 7.83. The topological polar surface area (TPSA) is 18.5 Å². The molecule has 0 atom stereocenters. The number of nitrogens with one attached hydrogen (secondary N) is 1. The van der Waals surface area contributed by atoms with Crippen molar-refractivity contribution in [3.63, 3.8) is 0 Å². The van der Waals surface area contributed by atoms with E-state index < -0.39 is 12.7 Å². The van der Waals surface area contributed by atoms with Crippen molar-refractivity contribution in [2.24, 2.45) is 0 Å². The number of piperazine rings is 1. The molecule has 124 valence electrons. The summed E-state index contributed by atoms with van der Waals surface area (Å²) < 4.78 is 36.2. The number of hydrogen-bond acceptors (Lipinski definition) is 3. The predicted molar refractivity (Wildman–Crippen MR) is 81.6 cm³/mol. The molecular formula is C16H24F3N3. The Bertz CT molecular complexity index is 437. The fraction of sp³-hybridized carbons (Fsp3) is 0.625.